The van der Waals surface area contributed by atoms with Gasteiger partial charge in [0.1, 0.15) is 5.82 Å². The number of amides is 1. The second-order valence-electron chi connectivity index (χ2n) is 4.55. The highest BCUT2D eigenvalue weighted by atomic mass is 35.5. The SMILES string of the molecule is CC(NC(=O)c1cccc(F)c1NN)c1ccc(Cl)cc1. The van der Waals surface area contributed by atoms with Gasteiger partial charge in [-0.3, -0.25) is 10.6 Å². The fraction of sp³-hybridized carbons (Fsp3) is 0.133. The van der Waals surface area contributed by atoms with E-state index in [1.165, 1.54) is 18.2 Å². The summed E-state index contributed by atoms with van der Waals surface area (Å²) in [5.74, 6) is 4.27. The first-order chi connectivity index (χ1) is 10.0. The number of para-hydroxylation sites is 1. The number of halogens is 2. The summed E-state index contributed by atoms with van der Waals surface area (Å²) in [6.07, 6.45) is 0. The van der Waals surface area contributed by atoms with Crippen LogP contribution in [0, 0.1) is 5.82 Å². The van der Waals surface area contributed by atoms with Crippen molar-refractivity contribution in [2.45, 2.75) is 13.0 Å². The highest BCUT2D eigenvalue weighted by Gasteiger charge is 2.16. The number of nitrogens with one attached hydrogen (secondary N) is 2. The van der Waals surface area contributed by atoms with Crippen molar-refractivity contribution in [2.75, 3.05) is 5.43 Å². The van der Waals surface area contributed by atoms with E-state index in [4.69, 9.17) is 17.4 Å². The van der Waals surface area contributed by atoms with Crippen LogP contribution in [0.4, 0.5) is 10.1 Å². The van der Waals surface area contributed by atoms with E-state index in [1.807, 2.05) is 19.1 Å². The van der Waals surface area contributed by atoms with Crippen LogP contribution >= 0.6 is 11.6 Å². The average molecular weight is 308 g/mol. The lowest BCUT2D eigenvalue weighted by atomic mass is 10.1. The van der Waals surface area contributed by atoms with Gasteiger partial charge in [-0.25, -0.2) is 4.39 Å². The summed E-state index contributed by atoms with van der Waals surface area (Å²) >= 11 is 5.82. The molecule has 0 saturated heterocycles. The predicted octanol–water partition coefficient (Wildman–Crippen LogP) is 3.26. The van der Waals surface area contributed by atoms with Crippen LogP contribution in [-0.2, 0) is 0 Å². The second-order valence-corrected chi connectivity index (χ2v) is 4.99. The van der Waals surface area contributed by atoms with Gasteiger partial charge >= 0.3 is 0 Å². The topological polar surface area (TPSA) is 67.2 Å². The summed E-state index contributed by atoms with van der Waals surface area (Å²) in [5.41, 5.74) is 3.23. The third-order valence-corrected chi connectivity index (χ3v) is 3.37. The Morgan fingerprint density at radius 3 is 2.52 bits per heavy atom. The monoisotopic (exact) mass is 307 g/mol. The van der Waals surface area contributed by atoms with E-state index in [-0.39, 0.29) is 17.3 Å². The van der Waals surface area contributed by atoms with Crippen molar-refractivity contribution < 1.29 is 9.18 Å². The Morgan fingerprint density at radius 2 is 1.90 bits per heavy atom. The van der Waals surface area contributed by atoms with Crippen molar-refractivity contribution in [1.29, 1.82) is 0 Å². The highest BCUT2D eigenvalue weighted by Crippen LogP contribution is 2.21. The molecule has 0 saturated carbocycles. The van der Waals surface area contributed by atoms with E-state index in [1.54, 1.807) is 12.1 Å². The van der Waals surface area contributed by atoms with E-state index in [9.17, 15) is 9.18 Å². The fourth-order valence-corrected chi connectivity index (χ4v) is 2.10. The summed E-state index contributed by atoms with van der Waals surface area (Å²) in [4.78, 5) is 12.2. The predicted molar refractivity (Wildman–Crippen MR) is 81.5 cm³/mol. The average Bonchev–Trinajstić information content (AvgIpc) is 2.47. The second kappa shape index (κ2) is 6.56. The summed E-state index contributed by atoms with van der Waals surface area (Å²) < 4.78 is 13.6. The molecule has 2 rings (SSSR count). The Kier molecular flexibility index (Phi) is 4.77. The molecule has 0 radical (unpaired) electrons. The Hall–Kier alpha value is -2.11. The number of carbonyl (C=O) groups is 1. The molecule has 0 bridgehead atoms. The van der Waals surface area contributed by atoms with Crippen LogP contribution in [0.2, 0.25) is 5.02 Å². The third kappa shape index (κ3) is 3.51. The van der Waals surface area contributed by atoms with Crippen molar-refractivity contribution in [3.63, 3.8) is 0 Å². The number of benzene rings is 2. The van der Waals surface area contributed by atoms with Crippen LogP contribution in [0.3, 0.4) is 0 Å². The molecule has 2 aromatic carbocycles. The largest absolute Gasteiger partial charge is 0.345 e. The minimum atomic E-state index is -0.579. The smallest absolute Gasteiger partial charge is 0.254 e. The standard InChI is InChI=1S/C15H15ClFN3O/c1-9(10-5-7-11(16)8-6-10)19-15(21)12-3-2-4-13(17)14(12)20-18/h2-9,20H,18H2,1H3,(H,19,21). The number of rotatable bonds is 4. The molecule has 4 N–H and O–H groups in total. The number of nitrogen functional groups attached to an aromatic ring is 1. The number of hydrazine groups is 1. The molecule has 1 unspecified atom stereocenters. The van der Waals surface area contributed by atoms with Crippen LogP contribution in [0.25, 0.3) is 0 Å². The number of anilines is 1. The zero-order valence-electron chi connectivity index (χ0n) is 11.4. The van der Waals surface area contributed by atoms with Crippen LogP contribution in [-0.4, -0.2) is 5.91 Å². The molecular weight excluding hydrogens is 293 g/mol. The van der Waals surface area contributed by atoms with Crippen LogP contribution < -0.4 is 16.6 Å². The van der Waals surface area contributed by atoms with E-state index in [0.29, 0.717) is 5.02 Å². The number of nitrogens with two attached hydrogens (primary N) is 1. The minimum absolute atomic E-state index is 0.0293. The summed E-state index contributed by atoms with van der Waals surface area (Å²) in [6, 6.07) is 11.1. The molecule has 1 amide bonds. The van der Waals surface area contributed by atoms with Gasteiger partial charge in [0.15, 0.2) is 0 Å². The lowest BCUT2D eigenvalue weighted by Crippen LogP contribution is -2.28. The molecule has 1 atom stereocenters. The fourth-order valence-electron chi connectivity index (χ4n) is 1.97. The Labute approximate surface area is 127 Å². The van der Waals surface area contributed by atoms with E-state index >= 15 is 0 Å². The first kappa shape index (κ1) is 15.3. The molecule has 0 aromatic heterocycles. The molecule has 110 valence electrons. The molecule has 0 heterocycles. The van der Waals surface area contributed by atoms with Gasteiger partial charge in [-0.15, -0.1) is 0 Å². The van der Waals surface area contributed by atoms with Crippen molar-refractivity contribution in [3.8, 4) is 0 Å². The van der Waals surface area contributed by atoms with Crippen LogP contribution in [0.1, 0.15) is 28.9 Å². The first-order valence-corrected chi connectivity index (χ1v) is 6.72. The lowest BCUT2D eigenvalue weighted by molar-refractivity contribution is 0.0940. The molecule has 0 aliphatic carbocycles. The first-order valence-electron chi connectivity index (χ1n) is 6.34. The number of hydrogen-bond donors (Lipinski definition) is 3. The van der Waals surface area contributed by atoms with E-state index in [2.05, 4.69) is 10.7 Å². The molecule has 2 aromatic rings. The molecular formula is C15H15ClFN3O. The normalized spacial score (nSPS) is 11.8. The van der Waals surface area contributed by atoms with Crippen molar-refractivity contribution >= 4 is 23.2 Å². The summed E-state index contributed by atoms with van der Waals surface area (Å²) in [7, 11) is 0. The van der Waals surface area contributed by atoms with Crippen LogP contribution in [0.5, 0.6) is 0 Å². The molecule has 0 fully saturated rings. The molecule has 0 spiro atoms. The molecule has 6 heteroatoms. The summed E-state index contributed by atoms with van der Waals surface area (Å²) in [5, 5.41) is 3.41. The maximum atomic E-state index is 13.6. The Balaban J connectivity index is 2.18. The van der Waals surface area contributed by atoms with Crippen molar-refractivity contribution in [3.05, 3.63) is 64.4 Å². The molecule has 0 aliphatic rings. The zero-order chi connectivity index (χ0) is 15.4. The van der Waals surface area contributed by atoms with Gasteiger partial charge in [-0.1, -0.05) is 29.8 Å². The highest BCUT2D eigenvalue weighted by molar-refractivity contribution is 6.30. The van der Waals surface area contributed by atoms with Crippen molar-refractivity contribution in [1.82, 2.24) is 5.32 Å². The summed E-state index contributed by atoms with van der Waals surface area (Å²) in [6.45, 7) is 1.83. The van der Waals surface area contributed by atoms with Crippen molar-refractivity contribution in [2.24, 2.45) is 5.84 Å². The van der Waals surface area contributed by atoms with Gasteiger partial charge in [0.2, 0.25) is 0 Å². The minimum Gasteiger partial charge on any atom is -0.345 e. The van der Waals surface area contributed by atoms with Gasteiger partial charge in [0, 0.05) is 5.02 Å². The number of hydrogen-bond acceptors (Lipinski definition) is 3. The number of carbonyl (C=O) groups excluding carboxylic acids is 1. The van der Waals surface area contributed by atoms with E-state index < -0.39 is 11.7 Å². The van der Waals surface area contributed by atoms with Crippen LogP contribution in [0.15, 0.2) is 42.5 Å². The van der Waals surface area contributed by atoms with Gasteiger partial charge in [0.25, 0.3) is 5.91 Å². The van der Waals surface area contributed by atoms with Gasteiger partial charge < -0.3 is 10.7 Å². The molecule has 21 heavy (non-hydrogen) atoms. The van der Waals surface area contributed by atoms with E-state index in [0.717, 1.165) is 5.56 Å². The molecule has 0 aliphatic heterocycles. The Bertz CT molecular complexity index is 646. The maximum absolute atomic E-state index is 13.6. The maximum Gasteiger partial charge on any atom is 0.254 e. The van der Waals surface area contributed by atoms with Gasteiger partial charge in [-0.2, -0.15) is 0 Å². The lowest BCUT2D eigenvalue weighted by Gasteiger charge is -2.16. The Morgan fingerprint density at radius 1 is 1.24 bits per heavy atom. The van der Waals surface area contributed by atoms with Gasteiger partial charge in [-0.05, 0) is 36.8 Å². The quantitative estimate of drug-likeness (QED) is 0.600. The molecule has 4 nitrogen and oxygen atoms in total. The van der Waals surface area contributed by atoms with Gasteiger partial charge in [0.05, 0.1) is 17.3 Å². The third-order valence-electron chi connectivity index (χ3n) is 3.12. The zero-order valence-corrected chi connectivity index (χ0v) is 12.1.